The van der Waals surface area contributed by atoms with Crippen molar-refractivity contribution in [1.29, 1.82) is 0 Å². The molecule has 1 atom stereocenters. The lowest BCUT2D eigenvalue weighted by atomic mass is 10.2. The van der Waals surface area contributed by atoms with Crippen molar-refractivity contribution in [3.05, 3.63) is 42.4 Å². The predicted molar refractivity (Wildman–Crippen MR) is 135 cm³/mol. The van der Waals surface area contributed by atoms with Crippen LogP contribution in [0.15, 0.2) is 41.8 Å². The number of halogens is 1. The van der Waals surface area contributed by atoms with Crippen LogP contribution in [-0.4, -0.2) is 58.0 Å². The van der Waals surface area contributed by atoms with E-state index >= 15 is 0 Å². The van der Waals surface area contributed by atoms with Crippen molar-refractivity contribution in [2.24, 2.45) is 12.0 Å². The van der Waals surface area contributed by atoms with Crippen LogP contribution in [-0.2, 0) is 7.05 Å². The molecule has 0 aliphatic rings. The quantitative estimate of drug-likeness (QED) is 0.167. The van der Waals surface area contributed by atoms with Gasteiger partial charge in [-0.2, -0.15) is 5.10 Å². The molecule has 0 saturated heterocycles. The molecule has 31 heavy (non-hydrogen) atoms. The first-order chi connectivity index (χ1) is 14.6. The smallest absolute Gasteiger partial charge is 0.191 e. The molecule has 3 N–H and O–H groups in total. The van der Waals surface area contributed by atoms with E-state index in [0.717, 1.165) is 35.1 Å². The van der Waals surface area contributed by atoms with Crippen LogP contribution in [0.4, 0.5) is 5.82 Å². The normalized spacial score (nSPS) is 12.2. The Morgan fingerprint density at radius 2 is 2.06 bits per heavy atom. The Hall–Kier alpha value is -2.63. The van der Waals surface area contributed by atoms with Gasteiger partial charge in [-0.05, 0) is 38.5 Å². The molecular weight excluding hydrogens is 507 g/mol. The Bertz CT molecular complexity index is 990. The number of hydrogen-bond donors (Lipinski definition) is 3. The van der Waals surface area contributed by atoms with Gasteiger partial charge in [0.05, 0.1) is 18.1 Å². The second-order valence-electron chi connectivity index (χ2n) is 7.05. The van der Waals surface area contributed by atoms with Crippen LogP contribution in [0.3, 0.4) is 0 Å². The first-order valence-electron chi connectivity index (χ1n) is 10.2. The number of nitrogens with one attached hydrogen (secondary N) is 3. The number of aryl methyl sites for hydroxylation is 2. The summed E-state index contributed by atoms with van der Waals surface area (Å²) >= 11 is 0. The lowest BCUT2D eigenvalue weighted by Gasteiger charge is -2.15. The van der Waals surface area contributed by atoms with Gasteiger partial charge in [-0.3, -0.25) is 4.68 Å². The standard InChI is InChI=1S/C21H30N8O.HI/c1-5-22-21(25-12-16(3)30-17-8-6-7-15(2)11-17)24-10-9-23-19-18-13-28-29(4)20(18)27-14-26-19;/h6-8,11,13-14,16H,5,9-10,12H2,1-4H3,(H2,22,24,25)(H,23,26,27);1H. The van der Waals surface area contributed by atoms with E-state index in [1.807, 2.05) is 39.1 Å². The molecule has 10 heteroatoms. The van der Waals surface area contributed by atoms with Crippen molar-refractivity contribution >= 4 is 46.8 Å². The zero-order valence-electron chi connectivity index (χ0n) is 18.4. The molecule has 0 aliphatic heterocycles. The summed E-state index contributed by atoms with van der Waals surface area (Å²) in [5, 5.41) is 15.1. The van der Waals surface area contributed by atoms with E-state index in [-0.39, 0.29) is 30.1 Å². The van der Waals surface area contributed by atoms with Gasteiger partial charge in [-0.15, -0.1) is 24.0 Å². The maximum Gasteiger partial charge on any atom is 0.191 e. The molecule has 0 saturated carbocycles. The summed E-state index contributed by atoms with van der Waals surface area (Å²) in [5.74, 6) is 2.40. The monoisotopic (exact) mass is 538 g/mol. The SMILES string of the molecule is CCNC(=NCC(C)Oc1cccc(C)c1)NCCNc1ncnc2c1cnn2C.I. The number of aliphatic imine (C=N–C) groups is 1. The van der Waals surface area contributed by atoms with Crippen LogP contribution in [0, 0.1) is 6.92 Å². The van der Waals surface area contributed by atoms with Crippen LogP contribution in [0.1, 0.15) is 19.4 Å². The molecule has 9 nitrogen and oxygen atoms in total. The van der Waals surface area contributed by atoms with Gasteiger partial charge in [0.15, 0.2) is 11.6 Å². The Balaban J connectivity index is 0.00000341. The molecule has 2 heterocycles. The number of ether oxygens (including phenoxy) is 1. The summed E-state index contributed by atoms with van der Waals surface area (Å²) in [6, 6.07) is 8.05. The van der Waals surface area contributed by atoms with Crippen molar-refractivity contribution in [2.45, 2.75) is 26.9 Å². The average Bonchev–Trinajstić information content (AvgIpc) is 3.11. The molecule has 0 fully saturated rings. The molecule has 0 bridgehead atoms. The predicted octanol–water partition coefficient (Wildman–Crippen LogP) is 2.72. The highest BCUT2D eigenvalue weighted by Gasteiger charge is 2.08. The maximum absolute atomic E-state index is 5.95. The van der Waals surface area contributed by atoms with E-state index in [2.05, 4.69) is 49.0 Å². The van der Waals surface area contributed by atoms with E-state index in [4.69, 9.17) is 4.74 Å². The van der Waals surface area contributed by atoms with E-state index in [9.17, 15) is 0 Å². The minimum atomic E-state index is -0.0275. The minimum absolute atomic E-state index is 0. The van der Waals surface area contributed by atoms with Gasteiger partial charge >= 0.3 is 0 Å². The number of rotatable bonds is 9. The van der Waals surface area contributed by atoms with Crippen LogP contribution in [0.2, 0.25) is 0 Å². The van der Waals surface area contributed by atoms with Crippen molar-refractivity contribution in [2.75, 3.05) is 31.5 Å². The fraction of sp³-hybridized carbons (Fsp3) is 0.429. The number of fused-ring (bicyclic) bond motifs is 1. The number of hydrogen-bond acceptors (Lipinski definition) is 6. The number of aromatic nitrogens is 4. The van der Waals surface area contributed by atoms with E-state index in [0.29, 0.717) is 19.6 Å². The van der Waals surface area contributed by atoms with Crippen molar-refractivity contribution in [1.82, 2.24) is 30.4 Å². The minimum Gasteiger partial charge on any atom is -0.489 e. The van der Waals surface area contributed by atoms with E-state index in [1.165, 1.54) is 5.56 Å². The van der Waals surface area contributed by atoms with Crippen molar-refractivity contribution < 1.29 is 4.74 Å². The van der Waals surface area contributed by atoms with Crippen molar-refractivity contribution in [3.8, 4) is 5.75 Å². The van der Waals surface area contributed by atoms with Crippen LogP contribution < -0.4 is 20.7 Å². The molecule has 0 amide bonds. The maximum atomic E-state index is 5.95. The third-order valence-electron chi connectivity index (χ3n) is 4.42. The van der Waals surface area contributed by atoms with Crippen LogP contribution in [0.5, 0.6) is 5.75 Å². The van der Waals surface area contributed by atoms with Gasteiger partial charge in [0.2, 0.25) is 0 Å². The fourth-order valence-corrected chi connectivity index (χ4v) is 2.98. The summed E-state index contributed by atoms with van der Waals surface area (Å²) in [5.41, 5.74) is 1.98. The van der Waals surface area contributed by atoms with E-state index in [1.54, 1.807) is 17.2 Å². The van der Waals surface area contributed by atoms with Crippen LogP contribution in [0.25, 0.3) is 11.0 Å². The Kier molecular flexibility index (Phi) is 9.76. The van der Waals surface area contributed by atoms with Gasteiger partial charge in [0, 0.05) is 26.7 Å². The third-order valence-corrected chi connectivity index (χ3v) is 4.42. The lowest BCUT2D eigenvalue weighted by molar-refractivity contribution is 0.230. The molecule has 3 rings (SSSR count). The summed E-state index contributed by atoms with van der Waals surface area (Å²) in [4.78, 5) is 13.2. The highest BCUT2D eigenvalue weighted by molar-refractivity contribution is 14.0. The highest BCUT2D eigenvalue weighted by Crippen LogP contribution is 2.17. The molecule has 0 aliphatic carbocycles. The number of anilines is 1. The van der Waals surface area contributed by atoms with Crippen molar-refractivity contribution in [3.63, 3.8) is 0 Å². The first-order valence-corrected chi connectivity index (χ1v) is 10.2. The molecule has 0 spiro atoms. The molecule has 3 aromatic rings. The first kappa shape index (κ1) is 24.6. The van der Waals surface area contributed by atoms with E-state index < -0.39 is 0 Å². The van der Waals surface area contributed by atoms with Gasteiger partial charge in [-0.1, -0.05) is 12.1 Å². The second kappa shape index (κ2) is 12.3. The molecule has 0 radical (unpaired) electrons. The summed E-state index contributed by atoms with van der Waals surface area (Å²) in [6.07, 6.45) is 3.29. The van der Waals surface area contributed by atoms with Gasteiger partial charge < -0.3 is 20.7 Å². The summed E-state index contributed by atoms with van der Waals surface area (Å²) in [7, 11) is 1.86. The topological polar surface area (TPSA) is 101 Å². The zero-order valence-corrected chi connectivity index (χ0v) is 20.8. The summed E-state index contributed by atoms with van der Waals surface area (Å²) in [6.45, 7) is 8.82. The zero-order chi connectivity index (χ0) is 21.3. The molecule has 2 aromatic heterocycles. The largest absolute Gasteiger partial charge is 0.489 e. The molecule has 168 valence electrons. The average molecular weight is 538 g/mol. The molecule has 1 unspecified atom stereocenters. The second-order valence-corrected chi connectivity index (χ2v) is 7.05. The Labute approximate surface area is 200 Å². The third kappa shape index (κ3) is 7.23. The van der Waals surface area contributed by atoms with Crippen LogP contribution >= 0.6 is 24.0 Å². The number of guanidine groups is 1. The van der Waals surface area contributed by atoms with Gasteiger partial charge in [0.1, 0.15) is 24.0 Å². The number of nitrogens with zero attached hydrogens (tertiary/aromatic N) is 5. The van der Waals surface area contributed by atoms with Gasteiger partial charge in [-0.25, -0.2) is 15.0 Å². The highest BCUT2D eigenvalue weighted by atomic mass is 127. The molecular formula is C21H31IN8O. The number of benzene rings is 1. The Morgan fingerprint density at radius 1 is 1.23 bits per heavy atom. The fourth-order valence-electron chi connectivity index (χ4n) is 2.98. The summed E-state index contributed by atoms with van der Waals surface area (Å²) < 4.78 is 7.69. The van der Waals surface area contributed by atoms with Gasteiger partial charge in [0.25, 0.3) is 0 Å². The Morgan fingerprint density at radius 3 is 2.84 bits per heavy atom. The lowest BCUT2D eigenvalue weighted by Crippen LogP contribution is -2.40. The molecule has 1 aromatic carbocycles.